The van der Waals surface area contributed by atoms with Crippen molar-refractivity contribution < 1.29 is 14.6 Å². The molecular weight excluding hydrogens is 270 g/mol. The molecule has 2 N–H and O–H groups in total. The topological polar surface area (TPSA) is 65.0 Å². The van der Waals surface area contributed by atoms with Gasteiger partial charge in [0, 0.05) is 32.7 Å². The van der Waals surface area contributed by atoms with E-state index >= 15 is 0 Å². The second kappa shape index (κ2) is 7.42. The van der Waals surface area contributed by atoms with E-state index in [1.165, 1.54) is 0 Å². The van der Waals surface area contributed by atoms with Crippen LogP contribution in [0.3, 0.4) is 0 Å². The molecule has 0 aromatic heterocycles. The molecule has 1 fully saturated rings. The maximum atomic E-state index is 12.0. The molecule has 1 heterocycles. The summed E-state index contributed by atoms with van der Waals surface area (Å²) in [7, 11) is 3.93. The number of likely N-dealkylation sites (N-methyl/N-ethyl adjacent to an activating group) is 2. The number of carbonyl (C=O) groups is 1. The summed E-state index contributed by atoms with van der Waals surface area (Å²) in [5, 5.41) is 13.7. The zero-order chi connectivity index (χ0) is 16.1. The average Bonchev–Trinajstić information content (AvgIpc) is 2.34. The maximum Gasteiger partial charge on any atom is 0.410 e. The van der Waals surface area contributed by atoms with Crippen LogP contribution in [0.4, 0.5) is 4.79 Å². The summed E-state index contributed by atoms with van der Waals surface area (Å²) in [6.07, 6.45) is 0.903. The normalized spacial score (nSPS) is 18.9. The summed E-state index contributed by atoms with van der Waals surface area (Å²) in [6, 6.07) is 0. The predicted molar refractivity (Wildman–Crippen MR) is 83.4 cm³/mol. The Morgan fingerprint density at radius 3 is 2.43 bits per heavy atom. The molecule has 0 aromatic rings. The number of hydrogen-bond acceptors (Lipinski definition) is 5. The van der Waals surface area contributed by atoms with Crippen molar-refractivity contribution in [3.05, 3.63) is 0 Å². The summed E-state index contributed by atoms with van der Waals surface area (Å²) < 4.78 is 5.37. The molecule has 1 saturated heterocycles. The first-order chi connectivity index (χ1) is 9.65. The van der Waals surface area contributed by atoms with Crippen molar-refractivity contribution >= 4 is 6.09 Å². The molecule has 1 aliphatic rings. The van der Waals surface area contributed by atoms with E-state index in [4.69, 9.17) is 4.74 Å². The molecule has 21 heavy (non-hydrogen) atoms. The highest BCUT2D eigenvalue weighted by Gasteiger charge is 2.36. The van der Waals surface area contributed by atoms with Crippen molar-refractivity contribution in [2.45, 2.75) is 44.8 Å². The number of amides is 1. The van der Waals surface area contributed by atoms with E-state index in [9.17, 15) is 9.90 Å². The van der Waals surface area contributed by atoms with Gasteiger partial charge in [-0.3, -0.25) is 0 Å². The first kappa shape index (κ1) is 18.2. The van der Waals surface area contributed by atoms with E-state index in [2.05, 4.69) is 10.2 Å². The minimum atomic E-state index is -0.707. The summed E-state index contributed by atoms with van der Waals surface area (Å²) in [5.41, 5.74) is -1.18. The molecule has 6 heteroatoms. The van der Waals surface area contributed by atoms with Crippen LogP contribution >= 0.6 is 0 Å². The van der Waals surface area contributed by atoms with E-state index in [0.29, 0.717) is 32.5 Å². The van der Waals surface area contributed by atoms with Crippen molar-refractivity contribution in [1.29, 1.82) is 0 Å². The van der Waals surface area contributed by atoms with Gasteiger partial charge in [0.05, 0.1) is 5.60 Å². The van der Waals surface area contributed by atoms with E-state index in [0.717, 1.165) is 13.1 Å². The molecule has 6 nitrogen and oxygen atoms in total. The highest BCUT2D eigenvalue weighted by Crippen LogP contribution is 2.24. The number of nitrogens with one attached hydrogen (secondary N) is 1. The minimum absolute atomic E-state index is 0.284. The van der Waals surface area contributed by atoms with E-state index in [1.807, 2.05) is 34.9 Å². The second-order valence-electron chi connectivity index (χ2n) is 7.03. The van der Waals surface area contributed by atoms with Gasteiger partial charge in [-0.2, -0.15) is 0 Å². The quantitative estimate of drug-likeness (QED) is 0.790. The van der Waals surface area contributed by atoms with Crippen molar-refractivity contribution in [2.75, 3.05) is 46.8 Å². The van der Waals surface area contributed by atoms with Crippen LogP contribution in [-0.2, 0) is 4.74 Å². The van der Waals surface area contributed by atoms with Crippen molar-refractivity contribution in [2.24, 2.45) is 0 Å². The van der Waals surface area contributed by atoms with Crippen LogP contribution in [0.2, 0.25) is 0 Å². The Morgan fingerprint density at radius 2 is 1.95 bits per heavy atom. The fraction of sp³-hybridized carbons (Fsp3) is 0.933. The molecule has 0 bridgehead atoms. The van der Waals surface area contributed by atoms with Crippen LogP contribution in [-0.4, -0.2) is 79.0 Å². The Balaban J connectivity index is 2.41. The molecule has 0 atom stereocenters. The molecule has 0 spiro atoms. The number of piperidine rings is 1. The van der Waals surface area contributed by atoms with E-state index < -0.39 is 11.2 Å². The molecule has 1 rings (SSSR count). The molecule has 0 saturated carbocycles. The zero-order valence-electron chi connectivity index (χ0n) is 14.1. The lowest BCUT2D eigenvalue weighted by atomic mass is 9.91. The molecular formula is C15H31N3O3. The molecule has 124 valence electrons. The largest absolute Gasteiger partial charge is 0.444 e. The molecule has 1 amide bonds. The van der Waals surface area contributed by atoms with Crippen LogP contribution in [0.15, 0.2) is 0 Å². The highest BCUT2D eigenvalue weighted by atomic mass is 16.6. The molecule has 0 aliphatic carbocycles. The fourth-order valence-corrected chi connectivity index (χ4v) is 2.47. The third-order valence-electron chi connectivity index (χ3n) is 3.65. The molecule has 0 radical (unpaired) electrons. The van der Waals surface area contributed by atoms with E-state index in [1.54, 1.807) is 4.90 Å². The van der Waals surface area contributed by atoms with Crippen LogP contribution in [0.1, 0.15) is 33.6 Å². The first-order valence-electron chi connectivity index (χ1n) is 7.69. The van der Waals surface area contributed by atoms with Crippen LogP contribution in [0.25, 0.3) is 0 Å². The molecule has 1 aliphatic heterocycles. The number of aliphatic hydroxyl groups is 1. The van der Waals surface area contributed by atoms with Gasteiger partial charge in [-0.15, -0.1) is 0 Å². The number of carbonyl (C=O) groups excluding carboxylic acids is 1. The lowest BCUT2D eigenvalue weighted by Crippen LogP contribution is -2.52. The van der Waals surface area contributed by atoms with Crippen LogP contribution < -0.4 is 5.32 Å². The summed E-state index contributed by atoms with van der Waals surface area (Å²) in [5.74, 6) is 0. The van der Waals surface area contributed by atoms with Gasteiger partial charge in [-0.05, 0) is 47.7 Å². The number of hydrogen-bond donors (Lipinski definition) is 2. The van der Waals surface area contributed by atoms with Crippen molar-refractivity contribution in [3.8, 4) is 0 Å². The van der Waals surface area contributed by atoms with Gasteiger partial charge in [0.15, 0.2) is 0 Å². The Morgan fingerprint density at radius 1 is 1.38 bits per heavy atom. The van der Waals surface area contributed by atoms with Gasteiger partial charge < -0.3 is 25.0 Å². The Labute approximate surface area is 128 Å². The van der Waals surface area contributed by atoms with Gasteiger partial charge >= 0.3 is 6.09 Å². The lowest BCUT2D eigenvalue weighted by Gasteiger charge is -2.40. The summed E-state index contributed by atoms with van der Waals surface area (Å²) in [4.78, 5) is 15.8. The fourth-order valence-electron chi connectivity index (χ4n) is 2.47. The third kappa shape index (κ3) is 6.63. The van der Waals surface area contributed by atoms with Crippen LogP contribution in [0, 0.1) is 0 Å². The maximum absolute atomic E-state index is 12.0. The standard InChI is InChI=1S/C15H31N3O3/c1-14(2,3)21-13(19)18-9-6-15(20,7-10-18)12-17(5)11-8-16-4/h16,20H,6-12H2,1-5H3. The predicted octanol–water partition coefficient (Wildman–Crippen LogP) is 0.900. The Kier molecular flexibility index (Phi) is 6.43. The van der Waals surface area contributed by atoms with Gasteiger partial charge in [0.1, 0.15) is 5.60 Å². The number of ether oxygens (including phenoxy) is 1. The van der Waals surface area contributed by atoms with Crippen molar-refractivity contribution in [1.82, 2.24) is 15.1 Å². The van der Waals surface area contributed by atoms with Gasteiger partial charge in [0.2, 0.25) is 0 Å². The zero-order valence-corrected chi connectivity index (χ0v) is 14.1. The summed E-state index contributed by atoms with van der Waals surface area (Å²) >= 11 is 0. The van der Waals surface area contributed by atoms with Crippen LogP contribution in [0.5, 0.6) is 0 Å². The molecule has 0 aromatic carbocycles. The molecule has 0 unspecified atom stereocenters. The van der Waals surface area contributed by atoms with Crippen molar-refractivity contribution in [3.63, 3.8) is 0 Å². The third-order valence-corrected chi connectivity index (χ3v) is 3.65. The van der Waals surface area contributed by atoms with E-state index in [-0.39, 0.29) is 6.09 Å². The second-order valence-corrected chi connectivity index (χ2v) is 7.03. The average molecular weight is 301 g/mol. The minimum Gasteiger partial charge on any atom is -0.444 e. The Bertz CT molecular complexity index is 334. The number of likely N-dealkylation sites (tertiary alicyclic amines) is 1. The van der Waals surface area contributed by atoms with Gasteiger partial charge in [-0.1, -0.05) is 0 Å². The monoisotopic (exact) mass is 301 g/mol. The lowest BCUT2D eigenvalue weighted by molar-refractivity contribution is -0.0464. The SMILES string of the molecule is CNCCN(C)CC1(O)CCN(C(=O)OC(C)(C)C)CC1. The highest BCUT2D eigenvalue weighted by molar-refractivity contribution is 5.68. The Hall–Kier alpha value is -0.850. The van der Waals surface area contributed by atoms with Gasteiger partial charge in [-0.25, -0.2) is 4.79 Å². The van der Waals surface area contributed by atoms with Gasteiger partial charge in [0.25, 0.3) is 0 Å². The summed E-state index contributed by atoms with van der Waals surface area (Å²) in [6.45, 7) is 9.12. The smallest absolute Gasteiger partial charge is 0.410 e. The number of rotatable bonds is 5. The first-order valence-corrected chi connectivity index (χ1v) is 7.69. The number of nitrogens with zero attached hydrogens (tertiary/aromatic N) is 2.